The minimum absolute atomic E-state index is 0.0489. The van der Waals surface area contributed by atoms with Crippen LogP contribution in [0.5, 0.6) is 0 Å². The van der Waals surface area contributed by atoms with E-state index in [1.807, 2.05) is 6.92 Å². The van der Waals surface area contributed by atoms with Gasteiger partial charge in [0, 0.05) is 31.0 Å². The number of rotatable bonds is 3. The summed E-state index contributed by atoms with van der Waals surface area (Å²) in [4.78, 5) is 19.9. The summed E-state index contributed by atoms with van der Waals surface area (Å²) < 4.78 is 37.2. The lowest BCUT2D eigenvalue weighted by atomic mass is 9.98. The SMILES string of the molecule is C[C@H]1[C@H](Nc2ncc(C(F)(F)F)cn2)CCCN1C=O. The molecule has 2 rings (SSSR count). The fourth-order valence-corrected chi connectivity index (χ4v) is 2.23. The molecule has 1 saturated heterocycles. The molecule has 2 atom stereocenters. The summed E-state index contributed by atoms with van der Waals surface area (Å²) in [6.45, 7) is 2.58. The van der Waals surface area contributed by atoms with Gasteiger partial charge in [-0.15, -0.1) is 0 Å². The average molecular weight is 288 g/mol. The highest BCUT2D eigenvalue weighted by Crippen LogP contribution is 2.28. The number of amides is 1. The van der Waals surface area contributed by atoms with Gasteiger partial charge in [-0.05, 0) is 19.8 Å². The van der Waals surface area contributed by atoms with E-state index >= 15 is 0 Å². The number of nitrogens with one attached hydrogen (secondary N) is 1. The highest BCUT2D eigenvalue weighted by atomic mass is 19.4. The Hall–Kier alpha value is -1.86. The summed E-state index contributed by atoms with van der Waals surface area (Å²) in [7, 11) is 0. The second kappa shape index (κ2) is 5.64. The largest absolute Gasteiger partial charge is 0.419 e. The van der Waals surface area contributed by atoms with Crippen molar-refractivity contribution in [1.82, 2.24) is 14.9 Å². The highest BCUT2D eigenvalue weighted by molar-refractivity contribution is 5.48. The number of aromatic nitrogens is 2. The van der Waals surface area contributed by atoms with Crippen LogP contribution in [0.4, 0.5) is 19.1 Å². The Balaban J connectivity index is 2.04. The molecule has 0 unspecified atom stereocenters. The molecule has 0 aliphatic carbocycles. The van der Waals surface area contributed by atoms with Crippen LogP contribution in [0.2, 0.25) is 0 Å². The van der Waals surface area contributed by atoms with Gasteiger partial charge in [-0.3, -0.25) is 4.79 Å². The number of carbonyl (C=O) groups is 1. The Morgan fingerprint density at radius 3 is 2.60 bits per heavy atom. The lowest BCUT2D eigenvalue weighted by molar-refractivity contribution is -0.138. The van der Waals surface area contributed by atoms with Gasteiger partial charge in [0.2, 0.25) is 12.4 Å². The molecule has 20 heavy (non-hydrogen) atoms. The lowest BCUT2D eigenvalue weighted by Crippen LogP contribution is -2.49. The molecule has 1 fully saturated rings. The van der Waals surface area contributed by atoms with Crippen molar-refractivity contribution in [2.45, 2.75) is 38.0 Å². The summed E-state index contributed by atoms with van der Waals surface area (Å²) in [5, 5.41) is 2.98. The third-order valence-corrected chi connectivity index (χ3v) is 3.47. The van der Waals surface area contributed by atoms with Crippen molar-refractivity contribution in [3.63, 3.8) is 0 Å². The number of hydrogen-bond donors (Lipinski definition) is 1. The van der Waals surface area contributed by atoms with Crippen molar-refractivity contribution < 1.29 is 18.0 Å². The molecule has 1 aliphatic heterocycles. The standard InChI is InChI=1S/C12H15F3N4O/c1-8-10(3-2-4-19(8)7-20)18-11-16-5-9(6-17-11)12(13,14)15/h5-8,10H,2-4H2,1H3,(H,16,17,18)/t8-,10+/m0/s1. The van der Waals surface area contributed by atoms with Crippen molar-refractivity contribution in [2.75, 3.05) is 11.9 Å². The molecular formula is C12H15F3N4O. The molecule has 1 aromatic heterocycles. The van der Waals surface area contributed by atoms with E-state index in [0.29, 0.717) is 6.54 Å². The van der Waals surface area contributed by atoms with Gasteiger partial charge in [-0.2, -0.15) is 13.2 Å². The topological polar surface area (TPSA) is 58.1 Å². The first kappa shape index (κ1) is 14.5. The number of likely N-dealkylation sites (tertiary alicyclic amines) is 1. The first-order valence-corrected chi connectivity index (χ1v) is 6.28. The van der Waals surface area contributed by atoms with Gasteiger partial charge in [0.1, 0.15) is 0 Å². The Morgan fingerprint density at radius 2 is 2.05 bits per heavy atom. The van der Waals surface area contributed by atoms with Crippen LogP contribution < -0.4 is 5.32 Å². The second-order valence-corrected chi connectivity index (χ2v) is 4.77. The zero-order valence-electron chi connectivity index (χ0n) is 10.9. The van der Waals surface area contributed by atoms with Crippen LogP contribution in [0.1, 0.15) is 25.3 Å². The molecule has 110 valence electrons. The molecule has 0 bridgehead atoms. The number of piperidine rings is 1. The third-order valence-electron chi connectivity index (χ3n) is 3.47. The zero-order chi connectivity index (χ0) is 14.8. The Labute approximate surface area is 114 Å². The van der Waals surface area contributed by atoms with E-state index in [1.165, 1.54) is 0 Å². The summed E-state index contributed by atoms with van der Waals surface area (Å²) in [6, 6.07) is -0.113. The van der Waals surface area contributed by atoms with Crippen LogP contribution in [0, 0.1) is 0 Å². The van der Waals surface area contributed by atoms with Crippen LogP contribution in [-0.4, -0.2) is 39.9 Å². The van der Waals surface area contributed by atoms with E-state index in [0.717, 1.165) is 31.6 Å². The van der Waals surface area contributed by atoms with Gasteiger partial charge in [-0.1, -0.05) is 0 Å². The van der Waals surface area contributed by atoms with E-state index < -0.39 is 11.7 Å². The molecule has 0 radical (unpaired) electrons. The number of hydrogen-bond acceptors (Lipinski definition) is 4. The van der Waals surface area contributed by atoms with Gasteiger partial charge in [0.25, 0.3) is 0 Å². The fraction of sp³-hybridized carbons (Fsp3) is 0.583. The summed E-state index contributed by atoms with van der Waals surface area (Å²) in [6.07, 6.45) is -0.505. The van der Waals surface area contributed by atoms with E-state index in [9.17, 15) is 18.0 Å². The van der Waals surface area contributed by atoms with Crippen molar-refractivity contribution in [2.24, 2.45) is 0 Å². The minimum Gasteiger partial charge on any atom is -0.349 e. The van der Waals surface area contributed by atoms with Crippen molar-refractivity contribution in [1.29, 1.82) is 0 Å². The normalized spacial score (nSPS) is 23.5. The van der Waals surface area contributed by atoms with Crippen molar-refractivity contribution in [3.8, 4) is 0 Å². The predicted octanol–water partition coefficient (Wildman–Crippen LogP) is 1.92. The maximum Gasteiger partial charge on any atom is 0.419 e. The van der Waals surface area contributed by atoms with Gasteiger partial charge >= 0.3 is 6.18 Å². The molecule has 1 aliphatic rings. The van der Waals surface area contributed by atoms with Gasteiger partial charge in [-0.25, -0.2) is 9.97 Å². The van der Waals surface area contributed by atoms with Crippen LogP contribution in [0.3, 0.4) is 0 Å². The molecule has 1 amide bonds. The van der Waals surface area contributed by atoms with E-state index in [2.05, 4.69) is 15.3 Å². The Bertz CT molecular complexity index is 463. The third kappa shape index (κ3) is 3.17. The summed E-state index contributed by atoms with van der Waals surface area (Å²) in [5.74, 6) is 0.141. The first-order chi connectivity index (χ1) is 9.41. The minimum atomic E-state index is -4.44. The molecule has 0 spiro atoms. The molecular weight excluding hydrogens is 273 g/mol. The molecule has 2 heterocycles. The molecule has 8 heteroatoms. The second-order valence-electron chi connectivity index (χ2n) is 4.77. The molecule has 0 aromatic carbocycles. The van der Waals surface area contributed by atoms with Crippen LogP contribution in [-0.2, 0) is 11.0 Å². The molecule has 0 saturated carbocycles. The van der Waals surface area contributed by atoms with E-state index in [4.69, 9.17) is 0 Å². The van der Waals surface area contributed by atoms with Crippen LogP contribution in [0.25, 0.3) is 0 Å². The molecule has 1 aromatic rings. The Morgan fingerprint density at radius 1 is 1.40 bits per heavy atom. The molecule has 1 N–H and O–H groups in total. The number of anilines is 1. The first-order valence-electron chi connectivity index (χ1n) is 6.28. The number of halogens is 3. The van der Waals surface area contributed by atoms with Crippen LogP contribution in [0.15, 0.2) is 12.4 Å². The monoisotopic (exact) mass is 288 g/mol. The quantitative estimate of drug-likeness (QED) is 0.863. The van der Waals surface area contributed by atoms with E-state index in [1.54, 1.807) is 4.90 Å². The Kier molecular flexibility index (Phi) is 4.10. The number of carbonyl (C=O) groups excluding carboxylic acids is 1. The van der Waals surface area contributed by atoms with Crippen LogP contribution >= 0.6 is 0 Å². The van der Waals surface area contributed by atoms with Gasteiger partial charge in [0.05, 0.1) is 5.56 Å². The van der Waals surface area contributed by atoms with E-state index in [-0.39, 0.29) is 18.0 Å². The molecule has 5 nitrogen and oxygen atoms in total. The fourth-order valence-electron chi connectivity index (χ4n) is 2.23. The number of nitrogens with zero attached hydrogens (tertiary/aromatic N) is 3. The highest BCUT2D eigenvalue weighted by Gasteiger charge is 2.32. The maximum atomic E-state index is 12.4. The maximum absolute atomic E-state index is 12.4. The van der Waals surface area contributed by atoms with Crippen molar-refractivity contribution >= 4 is 12.4 Å². The smallest absolute Gasteiger partial charge is 0.349 e. The summed E-state index contributed by atoms with van der Waals surface area (Å²) in [5.41, 5.74) is -0.880. The van der Waals surface area contributed by atoms with Gasteiger partial charge in [0.15, 0.2) is 0 Å². The zero-order valence-corrected chi connectivity index (χ0v) is 10.9. The number of alkyl halides is 3. The van der Waals surface area contributed by atoms with Gasteiger partial charge < -0.3 is 10.2 Å². The predicted molar refractivity (Wildman–Crippen MR) is 65.9 cm³/mol. The lowest BCUT2D eigenvalue weighted by Gasteiger charge is -2.37. The summed E-state index contributed by atoms with van der Waals surface area (Å²) >= 11 is 0. The van der Waals surface area contributed by atoms with Crippen molar-refractivity contribution in [3.05, 3.63) is 18.0 Å². The average Bonchev–Trinajstić information content (AvgIpc) is 2.41.